The van der Waals surface area contributed by atoms with E-state index in [4.69, 9.17) is 14.2 Å². The first kappa shape index (κ1) is 21.9. The topological polar surface area (TPSA) is 65.1 Å². The summed E-state index contributed by atoms with van der Waals surface area (Å²) in [5.74, 6) is 1.05. The number of benzene rings is 3. The number of esters is 1. The Bertz CT molecular complexity index is 1060. The highest BCUT2D eigenvalue weighted by molar-refractivity contribution is 6.05. The quantitative estimate of drug-likeness (QED) is 0.419. The van der Waals surface area contributed by atoms with Crippen LogP contribution in [-0.4, -0.2) is 33.1 Å². The minimum atomic E-state index is -0.399. The largest absolute Gasteiger partial charge is 0.493 e. The molecule has 0 unspecified atom stereocenters. The van der Waals surface area contributed by atoms with Gasteiger partial charge in [0.1, 0.15) is 5.75 Å². The Morgan fingerprint density at radius 1 is 0.839 bits per heavy atom. The first-order valence-electron chi connectivity index (χ1n) is 9.77. The normalized spacial score (nSPS) is 10.3. The number of hydrogen-bond donors (Lipinski definition) is 0. The molecule has 0 heterocycles. The third-order valence-electron chi connectivity index (χ3n) is 4.86. The standard InChI is InChI=1S/C25H25NO5/c1-17-5-8-19(9-6-17)25(28)26(2)20-10-12-21(13-11-20)31-24(27)16-18-7-14-22(29-3)23(15-18)30-4/h5-15H,16H2,1-4H3. The molecular formula is C25H25NO5. The number of methoxy groups -OCH3 is 2. The molecule has 0 N–H and O–H groups in total. The van der Waals surface area contributed by atoms with Gasteiger partial charge in [-0.2, -0.15) is 0 Å². The van der Waals surface area contributed by atoms with E-state index in [0.29, 0.717) is 28.5 Å². The minimum Gasteiger partial charge on any atom is -0.493 e. The highest BCUT2D eigenvalue weighted by Crippen LogP contribution is 2.28. The third-order valence-corrected chi connectivity index (χ3v) is 4.86. The van der Waals surface area contributed by atoms with E-state index in [-0.39, 0.29) is 12.3 Å². The first-order chi connectivity index (χ1) is 14.9. The van der Waals surface area contributed by atoms with Crippen molar-refractivity contribution in [2.45, 2.75) is 13.3 Å². The summed E-state index contributed by atoms with van der Waals surface area (Å²) in [5, 5.41) is 0. The van der Waals surface area contributed by atoms with E-state index in [9.17, 15) is 9.59 Å². The van der Waals surface area contributed by atoms with Crippen LogP contribution in [0.3, 0.4) is 0 Å². The molecule has 3 aromatic rings. The fourth-order valence-electron chi connectivity index (χ4n) is 3.07. The van der Waals surface area contributed by atoms with Crippen LogP contribution in [0, 0.1) is 6.92 Å². The Morgan fingerprint density at radius 2 is 1.48 bits per heavy atom. The molecule has 0 atom stereocenters. The van der Waals surface area contributed by atoms with Gasteiger partial charge in [-0.15, -0.1) is 0 Å². The molecule has 0 aliphatic heterocycles. The lowest BCUT2D eigenvalue weighted by Gasteiger charge is -2.18. The van der Waals surface area contributed by atoms with E-state index in [0.717, 1.165) is 11.1 Å². The minimum absolute atomic E-state index is 0.0912. The number of nitrogens with zero attached hydrogens (tertiary/aromatic N) is 1. The molecule has 0 aromatic heterocycles. The van der Waals surface area contributed by atoms with E-state index in [2.05, 4.69) is 0 Å². The maximum Gasteiger partial charge on any atom is 0.315 e. The molecule has 0 fully saturated rings. The van der Waals surface area contributed by atoms with E-state index in [1.165, 1.54) is 0 Å². The summed E-state index contributed by atoms with van der Waals surface area (Å²) in [4.78, 5) is 26.5. The van der Waals surface area contributed by atoms with Crippen molar-refractivity contribution >= 4 is 17.6 Å². The van der Waals surface area contributed by atoms with Gasteiger partial charge in [0.25, 0.3) is 5.91 Å². The number of aryl methyl sites for hydroxylation is 1. The SMILES string of the molecule is COc1ccc(CC(=O)Oc2ccc(N(C)C(=O)c3ccc(C)cc3)cc2)cc1OC. The van der Waals surface area contributed by atoms with Crippen LogP contribution in [0.4, 0.5) is 5.69 Å². The van der Waals surface area contributed by atoms with E-state index in [1.807, 2.05) is 19.1 Å². The molecular weight excluding hydrogens is 394 g/mol. The van der Waals surface area contributed by atoms with Gasteiger partial charge in [0.15, 0.2) is 11.5 Å². The van der Waals surface area contributed by atoms with Gasteiger partial charge in [0.2, 0.25) is 0 Å². The molecule has 0 radical (unpaired) electrons. The molecule has 0 aliphatic carbocycles. The van der Waals surface area contributed by atoms with Gasteiger partial charge in [-0.25, -0.2) is 0 Å². The molecule has 0 spiro atoms. The van der Waals surface area contributed by atoms with Crippen molar-refractivity contribution in [3.63, 3.8) is 0 Å². The van der Waals surface area contributed by atoms with Crippen LogP contribution < -0.4 is 19.1 Å². The van der Waals surface area contributed by atoms with Crippen LogP contribution in [0.25, 0.3) is 0 Å². The van der Waals surface area contributed by atoms with Gasteiger partial charge in [-0.3, -0.25) is 9.59 Å². The smallest absolute Gasteiger partial charge is 0.315 e. The zero-order valence-corrected chi connectivity index (χ0v) is 18.0. The Kier molecular flexibility index (Phi) is 6.92. The summed E-state index contributed by atoms with van der Waals surface area (Å²) in [6.45, 7) is 1.98. The predicted octanol–water partition coefficient (Wildman–Crippen LogP) is 4.44. The Labute approximate surface area is 182 Å². The monoisotopic (exact) mass is 419 g/mol. The number of anilines is 1. The van der Waals surface area contributed by atoms with Gasteiger partial charge < -0.3 is 19.1 Å². The second-order valence-corrected chi connectivity index (χ2v) is 7.06. The summed E-state index contributed by atoms with van der Waals surface area (Å²) >= 11 is 0. The maximum absolute atomic E-state index is 12.6. The number of carbonyl (C=O) groups is 2. The van der Waals surface area contributed by atoms with E-state index >= 15 is 0 Å². The van der Waals surface area contributed by atoms with Gasteiger partial charge >= 0.3 is 5.97 Å². The van der Waals surface area contributed by atoms with Crippen LogP contribution in [0.2, 0.25) is 0 Å². The van der Waals surface area contributed by atoms with Crippen LogP contribution in [0.5, 0.6) is 17.2 Å². The van der Waals surface area contributed by atoms with Gasteiger partial charge in [-0.1, -0.05) is 23.8 Å². The van der Waals surface area contributed by atoms with Crippen molar-refractivity contribution in [2.75, 3.05) is 26.2 Å². The number of hydrogen-bond acceptors (Lipinski definition) is 5. The van der Waals surface area contributed by atoms with Crippen molar-refractivity contribution < 1.29 is 23.8 Å². The predicted molar refractivity (Wildman–Crippen MR) is 119 cm³/mol. The van der Waals surface area contributed by atoms with Crippen molar-refractivity contribution in [1.82, 2.24) is 0 Å². The van der Waals surface area contributed by atoms with Crippen molar-refractivity contribution in [3.05, 3.63) is 83.4 Å². The molecule has 0 bridgehead atoms. The molecule has 0 aliphatic rings. The number of amides is 1. The molecule has 3 rings (SSSR count). The summed E-state index contributed by atoms with van der Waals surface area (Å²) in [5.41, 5.74) is 3.16. The summed E-state index contributed by atoms with van der Waals surface area (Å²) in [7, 11) is 4.81. The van der Waals surface area contributed by atoms with E-state index in [1.54, 1.807) is 80.8 Å². The van der Waals surface area contributed by atoms with Crippen molar-refractivity contribution in [3.8, 4) is 17.2 Å². The number of ether oxygens (including phenoxy) is 3. The highest BCUT2D eigenvalue weighted by atomic mass is 16.5. The third kappa shape index (κ3) is 5.42. The van der Waals surface area contributed by atoms with Crippen LogP contribution in [0.1, 0.15) is 21.5 Å². The Balaban J connectivity index is 1.63. The fourth-order valence-corrected chi connectivity index (χ4v) is 3.07. The maximum atomic E-state index is 12.6. The molecule has 31 heavy (non-hydrogen) atoms. The lowest BCUT2D eigenvalue weighted by atomic mass is 10.1. The first-order valence-corrected chi connectivity index (χ1v) is 9.77. The molecule has 1 amide bonds. The Hall–Kier alpha value is -3.80. The average molecular weight is 419 g/mol. The zero-order chi connectivity index (χ0) is 22.4. The second kappa shape index (κ2) is 9.80. The molecule has 0 saturated carbocycles. The van der Waals surface area contributed by atoms with Gasteiger partial charge in [0.05, 0.1) is 20.6 Å². The molecule has 3 aromatic carbocycles. The summed E-state index contributed by atoms with van der Waals surface area (Å²) < 4.78 is 15.9. The summed E-state index contributed by atoms with van der Waals surface area (Å²) in [6, 6.07) is 19.5. The van der Waals surface area contributed by atoms with Crippen LogP contribution >= 0.6 is 0 Å². The van der Waals surface area contributed by atoms with Gasteiger partial charge in [0, 0.05) is 18.3 Å². The van der Waals surface area contributed by atoms with Crippen LogP contribution in [0.15, 0.2) is 66.7 Å². The Morgan fingerprint density at radius 3 is 2.10 bits per heavy atom. The van der Waals surface area contributed by atoms with Crippen molar-refractivity contribution in [1.29, 1.82) is 0 Å². The van der Waals surface area contributed by atoms with E-state index < -0.39 is 5.97 Å². The average Bonchev–Trinajstić information content (AvgIpc) is 2.79. The number of rotatable bonds is 7. The zero-order valence-electron chi connectivity index (χ0n) is 18.0. The lowest BCUT2D eigenvalue weighted by molar-refractivity contribution is -0.133. The summed E-state index contributed by atoms with van der Waals surface area (Å²) in [6.07, 6.45) is 0.0912. The van der Waals surface area contributed by atoms with Crippen LogP contribution in [-0.2, 0) is 11.2 Å². The lowest BCUT2D eigenvalue weighted by Crippen LogP contribution is -2.26. The van der Waals surface area contributed by atoms with Crippen molar-refractivity contribution in [2.24, 2.45) is 0 Å². The molecule has 6 heteroatoms. The molecule has 0 saturated heterocycles. The fraction of sp³-hybridized carbons (Fsp3) is 0.200. The molecule has 160 valence electrons. The second-order valence-electron chi connectivity index (χ2n) is 7.06. The molecule has 6 nitrogen and oxygen atoms in total. The number of carbonyl (C=O) groups excluding carboxylic acids is 2. The van der Waals surface area contributed by atoms with Gasteiger partial charge in [-0.05, 0) is 61.0 Å². The highest BCUT2D eigenvalue weighted by Gasteiger charge is 2.14.